The molecule has 7 nitrogen and oxygen atoms in total. The van der Waals surface area contributed by atoms with Gasteiger partial charge in [-0.25, -0.2) is 12.8 Å². The number of sulfonamides is 1. The highest BCUT2D eigenvalue weighted by molar-refractivity contribution is 7.92. The Labute approximate surface area is 259 Å². The molecule has 0 aliphatic rings. The molecule has 0 spiro atoms. The molecule has 0 unspecified atom stereocenters. The number of nitrogens with zero attached hydrogens (tertiary/aromatic N) is 2. The van der Waals surface area contributed by atoms with E-state index in [0.717, 1.165) is 32.6 Å². The Balaban J connectivity index is 1.82. The third kappa shape index (κ3) is 8.11. The van der Waals surface area contributed by atoms with Crippen LogP contribution in [0.1, 0.15) is 36.1 Å². The molecular weight excluding hydrogens is 577 g/mol. The zero-order valence-electron chi connectivity index (χ0n) is 25.4. The van der Waals surface area contributed by atoms with Crippen LogP contribution >= 0.6 is 0 Å². The largest absolute Gasteiger partial charge is 0.352 e. The summed E-state index contributed by atoms with van der Waals surface area (Å²) >= 11 is 0. The minimum atomic E-state index is -4.38. The van der Waals surface area contributed by atoms with Crippen LogP contribution in [-0.4, -0.2) is 43.8 Å². The number of carbonyl (C=O) groups is 2. The van der Waals surface area contributed by atoms with E-state index in [9.17, 15) is 18.0 Å². The van der Waals surface area contributed by atoms with Gasteiger partial charge >= 0.3 is 0 Å². The second-order valence-corrected chi connectivity index (χ2v) is 13.0. The second kappa shape index (κ2) is 14.3. The van der Waals surface area contributed by atoms with Gasteiger partial charge in [-0.15, -0.1) is 0 Å². The molecule has 4 aromatic carbocycles. The number of hydrogen-bond acceptors (Lipinski definition) is 4. The standard InChI is InChI=1S/C35H38FN3O4S/c1-25(2)37-35(41)33(22-28-12-6-5-7-13-28)38(23-29-14-10-11-27(4)21-29)34(40)24-39(32-16-9-8-15-31(32)36)44(42,43)30-19-17-26(3)18-20-30/h5-21,25,33H,22-24H2,1-4H3,(H,37,41)/t33-/m1/s1. The molecule has 0 fully saturated rings. The number of halogens is 1. The number of carbonyl (C=O) groups excluding carboxylic acids is 2. The van der Waals surface area contributed by atoms with Gasteiger partial charge in [-0.3, -0.25) is 13.9 Å². The van der Waals surface area contributed by atoms with Crippen molar-refractivity contribution in [2.24, 2.45) is 0 Å². The zero-order valence-corrected chi connectivity index (χ0v) is 26.2. The van der Waals surface area contributed by atoms with E-state index in [1.165, 1.54) is 35.2 Å². The minimum absolute atomic E-state index is 0.0409. The third-order valence-electron chi connectivity index (χ3n) is 7.15. The maximum atomic E-state index is 15.2. The van der Waals surface area contributed by atoms with E-state index >= 15 is 4.39 Å². The zero-order chi connectivity index (χ0) is 31.9. The maximum absolute atomic E-state index is 15.2. The summed E-state index contributed by atoms with van der Waals surface area (Å²) in [7, 11) is -4.38. The fraction of sp³-hybridized carbons (Fsp3) is 0.257. The number of nitrogens with one attached hydrogen (secondary N) is 1. The van der Waals surface area contributed by atoms with Crippen molar-refractivity contribution in [3.05, 3.63) is 131 Å². The molecule has 0 saturated heterocycles. The summed E-state index contributed by atoms with van der Waals surface area (Å²) in [6, 6.07) is 27.3. The number of anilines is 1. The molecule has 0 radical (unpaired) electrons. The molecule has 0 aliphatic heterocycles. The van der Waals surface area contributed by atoms with Gasteiger partial charge in [0.1, 0.15) is 18.4 Å². The van der Waals surface area contributed by atoms with Crippen molar-refractivity contribution in [3.63, 3.8) is 0 Å². The van der Waals surface area contributed by atoms with Crippen LogP contribution in [0.3, 0.4) is 0 Å². The second-order valence-electron chi connectivity index (χ2n) is 11.2. The summed E-state index contributed by atoms with van der Waals surface area (Å²) in [6.45, 7) is 6.74. The predicted octanol–water partition coefficient (Wildman–Crippen LogP) is 5.80. The van der Waals surface area contributed by atoms with Crippen LogP contribution in [0.4, 0.5) is 10.1 Å². The quantitative estimate of drug-likeness (QED) is 0.218. The SMILES string of the molecule is Cc1ccc(S(=O)(=O)N(CC(=O)N(Cc2cccc(C)c2)[C@H](Cc2ccccc2)C(=O)NC(C)C)c2ccccc2F)cc1. The molecule has 0 saturated carbocycles. The lowest BCUT2D eigenvalue weighted by atomic mass is 10.0. The van der Waals surface area contributed by atoms with E-state index in [-0.39, 0.29) is 35.5 Å². The first-order valence-electron chi connectivity index (χ1n) is 14.5. The summed E-state index contributed by atoms with van der Waals surface area (Å²) in [5.74, 6) is -1.81. The summed E-state index contributed by atoms with van der Waals surface area (Å²) in [5, 5.41) is 2.93. The van der Waals surface area contributed by atoms with E-state index in [1.807, 2.05) is 82.3 Å². The van der Waals surface area contributed by atoms with Gasteiger partial charge in [-0.05, 0) is 63.1 Å². The number of para-hydroxylation sites is 1. The molecule has 1 N–H and O–H groups in total. The minimum Gasteiger partial charge on any atom is -0.352 e. The molecule has 1 atom stereocenters. The first-order chi connectivity index (χ1) is 21.0. The number of amides is 2. The van der Waals surface area contributed by atoms with Crippen molar-refractivity contribution in [1.29, 1.82) is 0 Å². The van der Waals surface area contributed by atoms with Crippen molar-refractivity contribution in [2.45, 2.75) is 57.6 Å². The highest BCUT2D eigenvalue weighted by Gasteiger charge is 2.35. The molecule has 44 heavy (non-hydrogen) atoms. The Bertz CT molecular complexity index is 1690. The van der Waals surface area contributed by atoms with E-state index < -0.39 is 34.3 Å². The van der Waals surface area contributed by atoms with Crippen LogP contribution in [0, 0.1) is 19.7 Å². The van der Waals surface area contributed by atoms with E-state index in [2.05, 4.69) is 5.32 Å². The first kappa shape index (κ1) is 32.4. The van der Waals surface area contributed by atoms with Crippen molar-refractivity contribution in [1.82, 2.24) is 10.2 Å². The topological polar surface area (TPSA) is 86.8 Å². The molecule has 4 aromatic rings. The van der Waals surface area contributed by atoms with Gasteiger partial charge in [0.05, 0.1) is 10.6 Å². The normalized spacial score (nSPS) is 12.0. The monoisotopic (exact) mass is 615 g/mol. The highest BCUT2D eigenvalue weighted by Crippen LogP contribution is 2.27. The van der Waals surface area contributed by atoms with Gasteiger partial charge in [-0.1, -0.05) is 90.0 Å². The van der Waals surface area contributed by atoms with Crippen LogP contribution < -0.4 is 9.62 Å². The molecule has 9 heteroatoms. The fourth-order valence-electron chi connectivity index (χ4n) is 4.95. The molecule has 4 rings (SSSR count). The summed E-state index contributed by atoms with van der Waals surface area (Å²) in [5.41, 5.74) is 3.16. The van der Waals surface area contributed by atoms with Crippen LogP contribution in [0.15, 0.2) is 108 Å². The lowest BCUT2D eigenvalue weighted by Crippen LogP contribution is -2.54. The number of benzene rings is 4. The Kier molecular flexibility index (Phi) is 10.5. The number of rotatable bonds is 12. The molecule has 230 valence electrons. The lowest BCUT2D eigenvalue weighted by Gasteiger charge is -2.34. The van der Waals surface area contributed by atoms with Gasteiger partial charge < -0.3 is 10.2 Å². The van der Waals surface area contributed by atoms with Crippen molar-refractivity contribution in [3.8, 4) is 0 Å². The summed E-state index contributed by atoms with van der Waals surface area (Å²) < 4.78 is 44.0. The maximum Gasteiger partial charge on any atom is 0.264 e. The molecule has 0 aliphatic carbocycles. The van der Waals surface area contributed by atoms with Gasteiger partial charge in [0, 0.05) is 19.0 Å². The van der Waals surface area contributed by atoms with Gasteiger partial charge in [-0.2, -0.15) is 0 Å². The van der Waals surface area contributed by atoms with Crippen LogP contribution in [0.2, 0.25) is 0 Å². The Morgan fingerprint density at radius 2 is 1.43 bits per heavy atom. The smallest absolute Gasteiger partial charge is 0.264 e. The molecule has 2 amide bonds. The average molecular weight is 616 g/mol. The van der Waals surface area contributed by atoms with Crippen LogP contribution in [0.25, 0.3) is 0 Å². The first-order valence-corrected chi connectivity index (χ1v) is 15.9. The highest BCUT2D eigenvalue weighted by atomic mass is 32.2. The Hall–Kier alpha value is -4.50. The van der Waals surface area contributed by atoms with Crippen LogP contribution in [-0.2, 0) is 32.6 Å². The van der Waals surface area contributed by atoms with Crippen molar-refractivity contribution >= 4 is 27.5 Å². The predicted molar refractivity (Wildman–Crippen MR) is 171 cm³/mol. The average Bonchev–Trinajstić information content (AvgIpc) is 2.98. The van der Waals surface area contributed by atoms with Crippen LogP contribution in [0.5, 0.6) is 0 Å². The Morgan fingerprint density at radius 3 is 2.07 bits per heavy atom. The molecule has 0 aromatic heterocycles. The Morgan fingerprint density at radius 1 is 0.795 bits per heavy atom. The van der Waals surface area contributed by atoms with E-state index in [1.54, 1.807) is 12.1 Å². The van der Waals surface area contributed by atoms with E-state index in [4.69, 9.17) is 0 Å². The molecular formula is C35H38FN3O4S. The summed E-state index contributed by atoms with van der Waals surface area (Å²) in [4.78, 5) is 29.4. The molecule has 0 bridgehead atoms. The third-order valence-corrected chi connectivity index (χ3v) is 8.92. The van der Waals surface area contributed by atoms with E-state index in [0.29, 0.717) is 0 Å². The van der Waals surface area contributed by atoms with Gasteiger partial charge in [0.25, 0.3) is 10.0 Å². The summed E-state index contributed by atoms with van der Waals surface area (Å²) in [6.07, 6.45) is 0.196. The fourth-order valence-corrected chi connectivity index (χ4v) is 6.37. The van der Waals surface area contributed by atoms with Gasteiger partial charge in [0.15, 0.2) is 0 Å². The van der Waals surface area contributed by atoms with Gasteiger partial charge in [0.2, 0.25) is 11.8 Å². The number of aryl methyl sites for hydroxylation is 2. The number of hydrogen-bond donors (Lipinski definition) is 1. The van der Waals surface area contributed by atoms with Crippen molar-refractivity contribution in [2.75, 3.05) is 10.8 Å². The van der Waals surface area contributed by atoms with Crippen molar-refractivity contribution < 1.29 is 22.4 Å². The lowest BCUT2D eigenvalue weighted by molar-refractivity contribution is -0.140. The molecule has 0 heterocycles.